The monoisotopic (exact) mass is 248 g/mol. The molecule has 0 saturated carbocycles. The van der Waals surface area contributed by atoms with Crippen LogP contribution in [0.2, 0.25) is 0 Å². The Morgan fingerprint density at radius 1 is 1.28 bits per heavy atom. The first kappa shape index (κ1) is 12.1. The molecule has 0 aliphatic carbocycles. The smallest absolute Gasteiger partial charge is 0.222 e. The van der Waals surface area contributed by atoms with E-state index in [0.717, 1.165) is 5.69 Å². The molecular weight excluding hydrogens is 235 g/mol. The van der Waals surface area contributed by atoms with Gasteiger partial charge in [-0.3, -0.25) is 0 Å². The number of ether oxygens (including phenoxy) is 1. The predicted octanol–water partition coefficient (Wildman–Crippen LogP) is 2.26. The van der Waals surface area contributed by atoms with Gasteiger partial charge in [-0.2, -0.15) is 4.98 Å². The van der Waals surface area contributed by atoms with Gasteiger partial charge in [0.1, 0.15) is 17.4 Å². The van der Waals surface area contributed by atoms with E-state index in [0.29, 0.717) is 17.3 Å². The summed E-state index contributed by atoms with van der Waals surface area (Å²) < 4.78 is 18.1. The van der Waals surface area contributed by atoms with Gasteiger partial charge in [0, 0.05) is 17.8 Å². The molecule has 94 valence electrons. The largest absolute Gasteiger partial charge is 0.494 e. The van der Waals surface area contributed by atoms with Crippen molar-refractivity contribution in [3.8, 4) is 5.75 Å². The summed E-state index contributed by atoms with van der Waals surface area (Å²) in [6.45, 7) is 1.81. The molecule has 1 aromatic carbocycles. The van der Waals surface area contributed by atoms with E-state index in [-0.39, 0.29) is 11.8 Å². The lowest BCUT2D eigenvalue weighted by Crippen LogP contribution is -2.02. The number of methoxy groups -OCH3 is 1. The van der Waals surface area contributed by atoms with Crippen LogP contribution in [-0.4, -0.2) is 17.1 Å². The third-order valence-electron chi connectivity index (χ3n) is 2.30. The Morgan fingerprint density at radius 3 is 2.72 bits per heavy atom. The summed E-state index contributed by atoms with van der Waals surface area (Å²) in [6.07, 6.45) is 0. The fourth-order valence-corrected chi connectivity index (χ4v) is 1.56. The second kappa shape index (κ2) is 4.87. The van der Waals surface area contributed by atoms with Gasteiger partial charge in [-0.15, -0.1) is 0 Å². The normalized spacial score (nSPS) is 10.2. The van der Waals surface area contributed by atoms with Crippen LogP contribution in [0.15, 0.2) is 24.3 Å². The van der Waals surface area contributed by atoms with Crippen molar-refractivity contribution in [2.24, 2.45) is 0 Å². The lowest BCUT2D eigenvalue weighted by atomic mass is 10.2. The zero-order valence-electron chi connectivity index (χ0n) is 10.1. The Hall–Kier alpha value is -2.37. The predicted molar refractivity (Wildman–Crippen MR) is 67.4 cm³/mol. The maximum atomic E-state index is 13.0. The van der Waals surface area contributed by atoms with Crippen LogP contribution in [0.4, 0.5) is 21.8 Å². The topological polar surface area (TPSA) is 73.1 Å². The van der Waals surface area contributed by atoms with Crippen molar-refractivity contribution >= 4 is 17.5 Å². The first-order valence-corrected chi connectivity index (χ1v) is 5.30. The summed E-state index contributed by atoms with van der Waals surface area (Å²) in [5, 5.41) is 3.01. The maximum absolute atomic E-state index is 13.0. The van der Waals surface area contributed by atoms with Gasteiger partial charge in [0.2, 0.25) is 5.95 Å². The zero-order valence-corrected chi connectivity index (χ0v) is 10.1. The molecule has 0 spiro atoms. The van der Waals surface area contributed by atoms with E-state index in [1.165, 1.54) is 19.2 Å². The number of aromatic nitrogens is 2. The number of nitrogens with two attached hydrogens (primary N) is 1. The van der Waals surface area contributed by atoms with Crippen LogP contribution in [0.3, 0.4) is 0 Å². The van der Waals surface area contributed by atoms with E-state index in [1.807, 2.05) is 6.92 Å². The summed E-state index contributed by atoms with van der Waals surface area (Å²) in [6, 6.07) is 5.93. The Kier molecular flexibility index (Phi) is 3.27. The van der Waals surface area contributed by atoms with Gasteiger partial charge in [-0.1, -0.05) is 0 Å². The van der Waals surface area contributed by atoms with Crippen LogP contribution < -0.4 is 15.8 Å². The van der Waals surface area contributed by atoms with Crippen LogP contribution >= 0.6 is 0 Å². The van der Waals surface area contributed by atoms with E-state index in [4.69, 9.17) is 10.5 Å². The van der Waals surface area contributed by atoms with E-state index in [2.05, 4.69) is 15.3 Å². The SMILES string of the molecule is COc1cc(F)ccc1Nc1cc(C)nc(N)n1. The van der Waals surface area contributed by atoms with E-state index < -0.39 is 0 Å². The highest BCUT2D eigenvalue weighted by Crippen LogP contribution is 2.27. The highest BCUT2D eigenvalue weighted by molar-refractivity contribution is 5.64. The van der Waals surface area contributed by atoms with Crippen LogP contribution in [0.1, 0.15) is 5.69 Å². The lowest BCUT2D eigenvalue weighted by Gasteiger charge is -2.11. The summed E-state index contributed by atoms with van der Waals surface area (Å²) in [5.74, 6) is 0.740. The Labute approximate surface area is 104 Å². The first-order chi connectivity index (χ1) is 8.58. The van der Waals surface area contributed by atoms with Gasteiger partial charge in [0.05, 0.1) is 12.8 Å². The summed E-state index contributed by atoms with van der Waals surface area (Å²) in [7, 11) is 1.47. The molecule has 0 fully saturated rings. The van der Waals surface area contributed by atoms with Crippen LogP contribution in [0.5, 0.6) is 5.75 Å². The third-order valence-corrected chi connectivity index (χ3v) is 2.30. The second-order valence-corrected chi connectivity index (χ2v) is 3.72. The van der Waals surface area contributed by atoms with Crippen molar-refractivity contribution in [3.63, 3.8) is 0 Å². The Bertz CT molecular complexity index is 554. The van der Waals surface area contributed by atoms with Gasteiger partial charge in [0.15, 0.2) is 0 Å². The number of anilines is 3. The van der Waals surface area contributed by atoms with Crippen LogP contribution in [-0.2, 0) is 0 Å². The molecule has 2 aromatic rings. The van der Waals surface area contributed by atoms with Gasteiger partial charge >= 0.3 is 0 Å². The van der Waals surface area contributed by atoms with E-state index >= 15 is 0 Å². The lowest BCUT2D eigenvalue weighted by molar-refractivity contribution is 0.413. The number of hydrogen-bond acceptors (Lipinski definition) is 5. The average Bonchev–Trinajstić information content (AvgIpc) is 2.30. The molecule has 0 amide bonds. The van der Waals surface area contributed by atoms with Crippen LogP contribution in [0, 0.1) is 12.7 Å². The average molecular weight is 248 g/mol. The van der Waals surface area contributed by atoms with Crippen molar-refractivity contribution in [1.82, 2.24) is 9.97 Å². The quantitative estimate of drug-likeness (QED) is 0.871. The molecule has 1 aromatic heterocycles. The van der Waals surface area contributed by atoms with Crippen molar-refractivity contribution in [1.29, 1.82) is 0 Å². The first-order valence-electron chi connectivity index (χ1n) is 5.30. The molecule has 0 aliphatic rings. The molecule has 0 atom stereocenters. The van der Waals surface area contributed by atoms with Crippen LogP contribution in [0.25, 0.3) is 0 Å². The standard InChI is InChI=1S/C12H13FN4O/c1-7-5-11(17-12(14)15-7)16-9-4-3-8(13)6-10(9)18-2/h3-6H,1-2H3,(H3,14,15,16,17). The second-order valence-electron chi connectivity index (χ2n) is 3.72. The molecule has 2 rings (SSSR count). The number of aryl methyl sites for hydroxylation is 1. The number of hydrogen-bond donors (Lipinski definition) is 2. The molecular formula is C12H13FN4O. The van der Waals surface area contributed by atoms with Crippen molar-refractivity contribution in [2.75, 3.05) is 18.2 Å². The molecule has 3 N–H and O–H groups in total. The van der Waals surface area contributed by atoms with E-state index in [1.54, 1.807) is 12.1 Å². The molecule has 1 heterocycles. The van der Waals surface area contributed by atoms with Gasteiger partial charge in [-0.05, 0) is 19.1 Å². The minimum Gasteiger partial charge on any atom is -0.494 e. The Morgan fingerprint density at radius 2 is 2.06 bits per heavy atom. The van der Waals surface area contributed by atoms with Gasteiger partial charge in [0.25, 0.3) is 0 Å². The van der Waals surface area contributed by atoms with Crippen molar-refractivity contribution in [3.05, 3.63) is 35.8 Å². The fourth-order valence-electron chi connectivity index (χ4n) is 1.56. The number of nitrogens with one attached hydrogen (secondary N) is 1. The zero-order chi connectivity index (χ0) is 13.1. The minimum absolute atomic E-state index is 0.179. The molecule has 0 bridgehead atoms. The van der Waals surface area contributed by atoms with E-state index in [9.17, 15) is 4.39 Å². The molecule has 18 heavy (non-hydrogen) atoms. The summed E-state index contributed by atoms with van der Waals surface area (Å²) in [4.78, 5) is 8.00. The molecule has 6 heteroatoms. The number of nitrogens with zero attached hydrogens (tertiary/aromatic N) is 2. The molecule has 0 radical (unpaired) electrons. The van der Waals surface area contributed by atoms with Crippen molar-refractivity contribution < 1.29 is 9.13 Å². The highest BCUT2D eigenvalue weighted by Gasteiger charge is 2.06. The molecule has 0 saturated heterocycles. The molecule has 0 aliphatic heterocycles. The fraction of sp³-hybridized carbons (Fsp3) is 0.167. The number of halogens is 1. The van der Waals surface area contributed by atoms with Gasteiger partial charge < -0.3 is 15.8 Å². The maximum Gasteiger partial charge on any atom is 0.222 e. The summed E-state index contributed by atoms with van der Waals surface area (Å²) in [5.41, 5.74) is 6.90. The number of rotatable bonds is 3. The van der Waals surface area contributed by atoms with Gasteiger partial charge in [-0.25, -0.2) is 9.37 Å². The summed E-state index contributed by atoms with van der Waals surface area (Å²) >= 11 is 0. The minimum atomic E-state index is -0.365. The number of benzene rings is 1. The molecule has 0 unspecified atom stereocenters. The molecule has 5 nitrogen and oxygen atoms in total. The number of nitrogen functional groups attached to an aromatic ring is 1. The Balaban J connectivity index is 2.33. The van der Waals surface area contributed by atoms with Crippen molar-refractivity contribution in [2.45, 2.75) is 6.92 Å². The highest BCUT2D eigenvalue weighted by atomic mass is 19.1. The third kappa shape index (κ3) is 2.65.